The fourth-order valence-electron chi connectivity index (χ4n) is 1.70. The summed E-state index contributed by atoms with van der Waals surface area (Å²) >= 11 is 0. The molecule has 0 radical (unpaired) electrons. The fraction of sp³-hybridized carbons (Fsp3) is 0.533. The summed E-state index contributed by atoms with van der Waals surface area (Å²) < 4.78 is 0.984. The van der Waals surface area contributed by atoms with Crippen molar-refractivity contribution in [2.24, 2.45) is 0 Å². The third-order valence-corrected chi connectivity index (χ3v) is 3.67. The van der Waals surface area contributed by atoms with Crippen LogP contribution in [0, 0.1) is 0 Å². The highest BCUT2D eigenvalue weighted by Gasteiger charge is 2.18. The number of quaternary nitrogens is 1. The highest BCUT2D eigenvalue weighted by atomic mass is 16.1. The van der Waals surface area contributed by atoms with Crippen LogP contribution in [0.4, 0.5) is 5.69 Å². The molecule has 0 aromatic heterocycles. The van der Waals surface area contributed by atoms with Crippen molar-refractivity contribution in [3.8, 4) is 0 Å². The second-order valence-corrected chi connectivity index (χ2v) is 5.88. The van der Waals surface area contributed by atoms with Crippen molar-refractivity contribution in [1.82, 2.24) is 0 Å². The predicted octanol–water partition coefficient (Wildman–Crippen LogP) is 2.42. The van der Waals surface area contributed by atoms with E-state index in [1.54, 1.807) is 0 Å². The van der Waals surface area contributed by atoms with E-state index in [0.29, 0.717) is 6.04 Å². The molecular weight excluding hydrogens is 224 g/mol. The van der Waals surface area contributed by atoms with Gasteiger partial charge in [-0.1, -0.05) is 0 Å². The van der Waals surface area contributed by atoms with Crippen LogP contribution in [0.25, 0.3) is 0 Å². The molecule has 1 aromatic carbocycles. The Morgan fingerprint density at radius 1 is 1.22 bits per heavy atom. The molecule has 3 nitrogen and oxygen atoms in total. The number of hydrogen-bond donors (Lipinski definition) is 0. The van der Waals surface area contributed by atoms with Gasteiger partial charge >= 0.3 is 0 Å². The third-order valence-electron chi connectivity index (χ3n) is 3.67. The van der Waals surface area contributed by atoms with E-state index in [2.05, 4.69) is 40.0 Å². The SMILES string of the molecule is CC(CCN(C)c1ccc(C=O)cc1)[N+](C)(C)C. The van der Waals surface area contributed by atoms with Gasteiger partial charge in [-0.2, -0.15) is 0 Å². The van der Waals surface area contributed by atoms with Gasteiger partial charge in [0, 0.05) is 31.3 Å². The first kappa shape index (κ1) is 14.7. The summed E-state index contributed by atoms with van der Waals surface area (Å²) in [6.45, 7) is 3.31. The van der Waals surface area contributed by atoms with Gasteiger partial charge in [0.1, 0.15) is 6.29 Å². The van der Waals surface area contributed by atoms with E-state index in [1.165, 1.54) is 0 Å². The summed E-state index contributed by atoms with van der Waals surface area (Å²) in [7, 11) is 8.77. The molecule has 0 aliphatic heterocycles. The summed E-state index contributed by atoms with van der Waals surface area (Å²) in [5.74, 6) is 0. The number of carbonyl (C=O) groups is 1. The summed E-state index contributed by atoms with van der Waals surface area (Å²) in [4.78, 5) is 12.8. The molecule has 100 valence electrons. The smallest absolute Gasteiger partial charge is 0.150 e. The van der Waals surface area contributed by atoms with Crippen molar-refractivity contribution in [1.29, 1.82) is 0 Å². The van der Waals surface area contributed by atoms with Crippen molar-refractivity contribution >= 4 is 12.0 Å². The van der Waals surface area contributed by atoms with Crippen molar-refractivity contribution in [2.75, 3.05) is 39.6 Å². The number of rotatable bonds is 6. The van der Waals surface area contributed by atoms with E-state index in [1.807, 2.05) is 24.3 Å². The van der Waals surface area contributed by atoms with Gasteiger partial charge in [0.15, 0.2) is 0 Å². The van der Waals surface area contributed by atoms with Gasteiger partial charge < -0.3 is 9.38 Å². The zero-order valence-electron chi connectivity index (χ0n) is 12.2. The van der Waals surface area contributed by atoms with Crippen LogP contribution >= 0.6 is 0 Å². The molecule has 18 heavy (non-hydrogen) atoms. The Labute approximate surface area is 111 Å². The lowest BCUT2D eigenvalue weighted by Gasteiger charge is -2.33. The molecule has 1 aromatic rings. The molecule has 1 unspecified atom stereocenters. The Bertz CT molecular complexity index is 378. The quantitative estimate of drug-likeness (QED) is 0.570. The van der Waals surface area contributed by atoms with E-state index in [0.717, 1.165) is 35.0 Å². The van der Waals surface area contributed by atoms with Crippen LogP contribution in [0.5, 0.6) is 0 Å². The molecule has 0 saturated carbocycles. The van der Waals surface area contributed by atoms with Crippen LogP contribution in [0.2, 0.25) is 0 Å². The highest BCUT2D eigenvalue weighted by Crippen LogP contribution is 2.15. The van der Waals surface area contributed by atoms with Crippen LogP contribution in [-0.4, -0.2) is 51.5 Å². The first-order valence-electron chi connectivity index (χ1n) is 6.42. The topological polar surface area (TPSA) is 20.3 Å². The summed E-state index contributed by atoms with van der Waals surface area (Å²) in [6.07, 6.45) is 2.03. The second kappa shape index (κ2) is 6.01. The molecule has 0 spiro atoms. The largest absolute Gasteiger partial charge is 0.374 e. The first-order valence-corrected chi connectivity index (χ1v) is 6.42. The Morgan fingerprint density at radius 3 is 2.22 bits per heavy atom. The van der Waals surface area contributed by atoms with Crippen LogP contribution < -0.4 is 4.90 Å². The van der Waals surface area contributed by atoms with Gasteiger partial charge in [0.05, 0.1) is 27.2 Å². The maximum absolute atomic E-state index is 10.6. The molecule has 0 aliphatic rings. The lowest BCUT2D eigenvalue weighted by Crippen LogP contribution is -2.44. The van der Waals surface area contributed by atoms with Crippen LogP contribution in [0.15, 0.2) is 24.3 Å². The van der Waals surface area contributed by atoms with Crippen LogP contribution in [0.1, 0.15) is 23.7 Å². The van der Waals surface area contributed by atoms with Gasteiger partial charge in [-0.25, -0.2) is 0 Å². The van der Waals surface area contributed by atoms with Crippen LogP contribution in [0.3, 0.4) is 0 Å². The van der Waals surface area contributed by atoms with Crippen molar-refractivity contribution < 1.29 is 9.28 Å². The molecule has 0 bridgehead atoms. The Balaban J connectivity index is 2.54. The molecule has 0 N–H and O–H groups in total. The number of benzene rings is 1. The Kier molecular flexibility index (Phi) is 4.91. The van der Waals surface area contributed by atoms with Crippen molar-refractivity contribution in [3.05, 3.63) is 29.8 Å². The molecule has 3 heteroatoms. The van der Waals surface area contributed by atoms with Gasteiger partial charge in [-0.3, -0.25) is 4.79 Å². The minimum Gasteiger partial charge on any atom is -0.374 e. The van der Waals surface area contributed by atoms with E-state index in [4.69, 9.17) is 0 Å². The lowest BCUT2D eigenvalue weighted by molar-refractivity contribution is -0.894. The fourth-order valence-corrected chi connectivity index (χ4v) is 1.70. The number of nitrogens with zero attached hydrogens (tertiary/aromatic N) is 2. The zero-order chi connectivity index (χ0) is 13.8. The van der Waals surface area contributed by atoms with E-state index in [9.17, 15) is 4.79 Å². The Morgan fingerprint density at radius 2 is 1.78 bits per heavy atom. The maximum Gasteiger partial charge on any atom is 0.150 e. The summed E-state index contributed by atoms with van der Waals surface area (Å²) in [5, 5.41) is 0. The number of anilines is 1. The van der Waals surface area contributed by atoms with Gasteiger partial charge in [-0.15, -0.1) is 0 Å². The minimum absolute atomic E-state index is 0.627. The standard InChI is InChI=1S/C15H25N2O/c1-13(17(3,4)5)10-11-16(2)15-8-6-14(12-18)7-9-15/h6-9,12-13H,10-11H2,1-5H3/q+1. The normalized spacial score (nSPS) is 13.2. The minimum atomic E-state index is 0.627. The van der Waals surface area contributed by atoms with Gasteiger partial charge in [-0.05, 0) is 31.2 Å². The van der Waals surface area contributed by atoms with Gasteiger partial charge in [0.2, 0.25) is 0 Å². The zero-order valence-corrected chi connectivity index (χ0v) is 12.2. The number of carbonyl (C=O) groups excluding carboxylic acids is 1. The van der Waals surface area contributed by atoms with Crippen LogP contribution in [-0.2, 0) is 0 Å². The average molecular weight is 249 g/mol. The maximum atomic E-state index is 10.6. The molecule has 0 heterocycles. The second-order valence-electron chi connectivity index (χ2n) is 5.88. The first-order chi connectivity index (χ1) is 8.34. The van der Waals surface area contributed by atoms with E-state index in [-0.39, 0.29) is 0 Å². The van der Waals surface area contributed by atoms with Gasteiger partial charge in [0.25, 0.3) is 0 Å². The highest BCUT2D eigenvalue weighted by molar-refractivity contribution is 5.75. The van der Waals surface area contributed by atoms with E-state index < -0.39 is 0 Å². The molecule has 1 atom stereocenters. The van der Waals surface area contributed by atoms with E-state index >= 15 is 0 Å². The van der Waals surface area contributed by atoms with Crippen molar-refractivity contribution in [3.63, 3.8) is 0 Å². The molecule has 0 amide bonds. The molecule has 1 rings (SSSR count). The summed E-state index contributed by atoms with van der Waals surface area (Å²) in [6, 6.07) is 8.35. The van der Waals surface area contributed by atoms with Crippen molar-refractivity contribution in [2.45, 2.75) is 19.4 Å². The molecule has 0 saturated heterocycles. The Hall–Kier alpha value is -1.35. The monoisotopic (exact) mass is 249 g/mol. The predicted molar refractivity (Wildman–Crippen MR) is 77.2 cm³/mol. The summed E-state index contributed by atoms with van der Waals surface area (Å²) in [5.41, 5.74) is 1.89. The molecule has 0 aliphatic carbocycles. The number of aldehydes is 1. The number of hydrogen-bond acceptors (Lipinski definition) is 2. The molecule has 0 fully saturated rings. The average Bonchev–Trinajstić information content (AvgIpc) is 2.34. The lowest BCUT2D eigenvalue weighted by atomic mass is 10.1. The molecular formula is C15H25N2O+. The third kappa shape index (κ3) is 4.15.